The Bertz CT molecular complexity index is 1320. The maximum absolute atomic E-state index is 13.8. The number of phenols is 1. The molecule has 4 atom stereocenters. The Labute approximate surface area is 202 Å². The molecule has 0 radical (unpaired) electrons. The van der Waals surface area contributed by atoms with Crippen LogP contribution < -0.4 is 10.6 Å². The number of carbonyl (C=O) groups excluding carboxylic acids is 3. The monoisotopic (exact) mass is 467 g/mol. The van der Waals surface area contributed by atoms with E-state index in [1.165, 1.54) is 4.90 Å². The van der Waals surface area contributed by atoms with Crippen LogP contribution in [-0.2, 0) is 32.8 Å². The highest BCUT2D eigenvalue weighted by molar-refractivity contribution is 6.15. The number of aromatic hydroxyl groups is 1. The van der Waals surface area contributed by atoms with Gasteiger partial charge >= 0.3 is 0 Å². The lowest BCUT2D eigenvalue weighted by atomic mass is 9.76. The molecule has 3 heterocycles. The van der Waals surface area contributed by atoms with Crippen LogP contribution in [0.25, 0.3) is 0 Å². The van der Waals surface area contributed by atoms with Gasteiger partial charge in [-0.15, -0.1) is 0 Å². The van der Waals surface area contributed by atoms with Crippen molar-refractivity contribution in [1.29, 1.82) is 0 Å². The summed E-state index contributed by atoms with van der Waals surface area (Å²) in [4.78, 5) is 42.4. The van der Waals surface area contributed by atoms with Gasteiger partial charge in [-0.2, -0.15) is 0 Å². The molecule has 6 rings (SSSR count). The van der Waals surface area contributed by atoms with E-state index in [0.29, 0.717) is 24.1 Å². The first-order valence-electron chi connectivity index (χ1n) is 11.8. The molecule has 3 aliphatic heterocycles. The van der Waals surface area contributed by atoms with Crippen molar-refractivity contribution in [3.63, 3.8) is 0 Å². The van der Waals surface area contributed by atoms with Crippen molar-refractivity contribution < 1.29 is 19.5 Å². The number of rotatable bonds is 5. The van der Waals surface area contributed by atoms with Crippen molar-refractivity contribution in [2.45, 2.75) is 24.4 Å². The van der Waals surface area contributed by atoms with Gasteiger partial charge in [0.15, 0.2) is 0 Å². The lowest BCUT2D eigenvalue weighted by Gasteiger charge is -2.29. The predicted octanol–water partition coefficient (Wildman–Crippen LogP) is 2.60. The second-order valence-electron chi connectivity index (χ2n) is 9.50. The molecular weight excluding hydrogens is 442 g/mol. The number of nitrogens with zero attached hydrogens (tertiary/aromatic N) is 1. The predicted molar refractivity (Wildman–Crippen MR) is 129 cm³/mol. The Morgan fingerprint density at radius 2 is 1.54 bits per heavy atom. The van der Waals surface area contributed by atoms with Gasteiger partial charge in [-0.05, 0) is 42.2 Å². The highest BCUT2D eigenvalue weighted by Gasteiger charge is 2.70. The second-order valence-corrected chi connectivity index (χ2v) is 9.50. The van der Waals surface area contributed by atoms with E-state index in [4.69, 9.17) is 0 Å². The second kappa shape index (κ2) is 8.06. The van der Waals surface area contributed by atoms with Gasteiger partial charge in [-0.3, -0.25) is 24.6 Å². The Morgan fingerprint density at radius 1 is 0.829 bits per heavy atom. The first-order chi connectivity index (χ1) is 17.0. The standard InChI is InChI=1S/C28H25N3O4/c32-19-12-10-18(11-13-19)16-22-23-24(28(30-22)20-8-4-5-9-21(20)29-27(28)35)26(34)31(25(23)33)15-14-17-6-2-1-3-7-17/h1-13,22-24,30,32H,14-16H2,(H,29,35)/t22-,23+,24-,28+/m0/s1. The summed E-state index contributed by atoms with van der Waals surface area (Å²) in [6.45, 7) is 0.278. The summed E-state index contributed by atoms with van der Waals surface area (Å²) in [6, 6.07) is 23.5. The summed E-state index contributed by atoms with van der Waals surface area (Å²) in [5.74, 6) is -2.16. The van der Waals surface area contributed by atoms with Crippen LogP contribution in [0, 0.1) is 11.8 Å². The number of carbonyl (C=O) groups is 3. The van der Waals surface area contributed by atoms with Crippen molar-refractivity contribution in [2.75, 3.05) is 11.9 Å². The van der Waals surface area contributed by atoms with Crippen LogP contribution in [0.3, 0.4) is 0 Å². The SMILES string of the molecule is O=C1[C@@H]2[C@H](Cc3ccc(O)cc3)N[C@@]3(C(=O)Nc4ccccc43)[C@@H]2C(=O)N1CCc1ccccc1. The van der Waals surface area contributed by atoms with Crippen molar-refractivity contribution in [3.8, 4) is 5.75 Å². The zero-order chi connectivity index (χ0) is 24.2. The van der Waals surface area contributed by atoms with E-state index in [2.05, 4.69) is 10.6 Å². The normalized spacial score (nSPS) is 26.8. The number of imide groups is 1. The van der Waals surface area contributed by atoms with Gasteiger partial charge in [0.25, 0.3) is 0 Å². The van der Waals surface area contributed by atoms with Gasteiger partial charge in [0, 0.05) is 23.8 Å². The van der Waals surface area contributed by atoms with Crippen molar-refractivity contribution >= 4 is 23.4 Å². The van der Waals surface area contributed by atoms with Crippen LogP contribution in [0.1, 0.15) is 16.7 Å². The molecule has 2 saturated heterocycles. The fraction of sp³-hybridized carbons (Fsp3) is 0.250. The third-order valence-electron chi connectivity index (χ3n) is 7.57. The largest absolute Gasteiger partial charge is 0.508 e. The number of hydrogen-bond donors (Lipinski definition) is 3. The summed E-state index contributed by atoms with van der Waals surface area (Å²) in [7, 11) is 0. The third kappa shape index (κ3) is 3.26. The Hall–Kier alpha value is -3.97. The molecule has 1 spiro atoms. The average Bonchev–Trinajstić information content (AvgIpc) is 3.44. The summed E-state index contributed by atoms with van der Waals surface area (Å²) < 4.78 is 0. The van der Waals surface area contributed by atoms with Crippen LogP contribution in [0.2, 0.25) is 0 Å². The van der Waals surface area contributed by atoms with Gasteiger partial charge in [-0.1, -0.05) is 60.7 Å². The Balaban J connectivity index is 1.39. The Morgan fingerprint density at radius 3 is 2.31 bits per heavy atom. The number of hydrogen-bond acceptors (Lipinski definition) is 5. The van der Waals surface area contributed by atoms with Crippen LogP contribution in [-0.4, -0.2) is 40.3 Å². The number of fused-ring (bicyclic) bond motifs is 4. The molecule has 3 N–H and O–H groups in total. The molecule has 0 unspecified atom stereocenters. The molecule has 7 nitrogen and oxygen atoms in total. The summed E-state index contributed by atoms with van der Waals surface area (Å²) >= 11 is 0. The van der Waals surface area contributed by atoms with Gasteiger partial charge in [-0.25, -0.2) is 0 Å². The maximum Gasteiger partial charge on any atom is 0.250 e. The average molecular weight is 468 g/mol. The van der Waals surface area contributed by atoms with E-state index >= 15 is 0 Å². The van der Waals surface area contributed by atoms with Crippen molar-refractivity contribution in [2.24, 2.45) is 11.8 Å². The van der Waals surface area contributed by atoms with Crippen LogP contribution in [0.4, 0.5) is 5.69 Å². The van der Waals surface area contributed by atoms with Gasteiger partial charge in [0.05, 0.1) is 11.8 Å². The minimum atomic E-state index is -1.29. The van der Waals surface area contributed by atoms with Crippen molar-refractivity contribution in [1.82, 2.24) is 10.2 Å². The molecule has 3 aliphatic rings. The molecule has 2 fully saturated rings. The molecular formula is C28H25N3O4. The van der Waals surface area contributed by atoms with Crippen LogP contribution in [0.5, 0.6) is 5.75 Å². The highest BCUT2D eigenvalue weighted by atomic mass is 16.3. The molecule has 0 saturated carbocycles. The highest BCUT2D eigenvalue weighted by Crippen LogP contribution is 2.53. The minimum absolute atomic E-state index is 0.158. The summed E-state index contributed by atoms with van der Waals surface area (Å²) in [5.41, 5.74) is 2.03. The summed E-state index contributed by atoms with van der Waals surface area (Å²) in [5, 5.41) is 16.0. The minimum Gasteiger partial charge on any atom is -0.508 e. The number of likely N-dealkylation sites (tertiary alicyclic amines) is 1. The number of amides is 3. The van der Waals surface area contributed by atoms with Gasteiger partial charge in [0.1, 0.15) is 11.3 Å². The van der Waals surface area contributed by atoms with E-state index in [1.807, 2.05) is 54.6 Å². The van der Waals surface area contributed by atoms with Crippen molar-refractivity contribution in [3.05, 3.63) is 95.6 Å². The Kier molecular flexibility index (Phi) is 4.96. The van der Waals surface area contributed by atoms with E-state index in [9.17, 15) is 19.5 Å². The third-order valence-corrected chi connectivity index (χ3v) is 7.57. The maximum atomic E-state index is 13.8. The summed E-state index contributed by atoms with van der Waals surface area (Å²) in [6.07, 6.45) is 1.01. The quantitative estimate of drug-likeness (QED) is 0.501. The number of para-hydroxylation sites is 1. The molecule has 3 aromatic rings. The molecule has 0 bridgehead atoms. The molecule has 0 aromatic heterocycles. The molecule has 3 amide bonds. The molecule has 3 aromatic carbocycles. The van der Waals surface area contributed by atoms with E-state index in [1.54, 1.807) is 24.3 Å². The fourth-order valence-electron chi connectivity index (χ4n) is 5.98. The van der Waals surface area contributed by atoms with Crippen LogP contribution in [0.15, 0.2) is 78.9 Å². The zero-order valence-corrected chi connectivity index (χ0v) is 19.0. The molecule has 35 heavy (non-hydrogen) atoms. The first kappa shape index (κ1) is 21.6. The van der Waals surface area contributed by atoms with E-state index in [0.717, 1.165) is 11.1 Å². The molecule has 7 heteroatoms. The zero-order valence-electron chi connectivity index (χ0n) is 19.0. The van der Waals surface area contributed by atoms with Gasteiger partial charge in [0.2, 0.25) is 17.7 Å². The molecule has 176 valence electrons. The van der Waals surface area contributed by atoms with Crippen LogP contribution >= 0.6 is 0 Å². The molecule has 0 aliphatic carbocycles. The lowest BCUT2D eigenvalue weighted by Crippen LogP contribution is -2.53. The first-order valence-corrected chi connectivity index (χ1v) is 11.8. The number of benzene rings is 3. The fourth-order valence-corrected chi connectivity index (χ4v) is 5.98. The van der Waals surface area contributed by atoms with Gasteiger partial charge < -0.3 is 10.4 Å². The number of anilines is 1. The number of nitrogens with one attached hydrogen (secondary N) is 2. The topological polar surface area (TPSA) is 98.7 Å². The van der Waals surface area contributed by atoms with E-state index in [-0.39, 0.29) is 30.0 Å². The lowest BCUT2D eigenvalue weighted by molar-refractivity contribution is -0.142. The number of phenolic OH excluding ortho intramolecular Hbond substituents is 1. The smallest absolute Gasteiger partial charge is 0.250 e. The van der Waals surface area contributed by atoms with E-state index < -0.39 is 23.4 Å².